The maximum absolute atomic E-state index is 5.20. The zero-order valence-electron chi connectivity index (χ0n) is 13.3. The van der Waals surface area contributed by atoms with E-state index in [1.807, 2.05) is 13.0 Å². The summed E-state index contributed by atoms with van der Waals surface area (Å²) in [5.41, 5.74) is 4.39. The molecule has 0 spiro atoms. The van der Waals surface area contributed by atoms with Gasteiger partial charge in [0.2, 0.25) is 0 Å². The molecule has 116 valence electrons. The predicted molar refractivity (Wildman–Crippen MR) is 89.9 cm³/mol. The van der Waals surface area contributed by atoms with Crippen LogP contribution in [0.4, 0.5) is 5.13 Å². The first-order chi connectivity index (χ1) is 10.6. The molecule has 0 aliphatic carbocycles. The minimum absolute atomic E-state index is 0.809. The van der Waals surface area contributed by atoms with Gasteiger partial charge in [-0.2, -0.15) is 0 Å². The predicted octanol–water partition coefficient (Wildman–Crippen LogP) is 4.34. The van der Waals surface area contributed by atoms with Crippen molar-refractivity contribution >= 4 is 16.5 Å². The fourth-order valence-corrected chi connectivity index (χ4v) is 3.28. The fraction of sp³-hybridized carbons (Fsp3) is 0.375. The molecule has 0 fully saturated rings. The second-order valence-corrected chi connectivity index (χ2v) is 6.24. The van der Waals surface area contributed by atoms with Gasteiger partial charge >= 0.3 is 0 Å². The summed E-state index contributed by atoms with van der Waals surface area (Å²) in [5.74, 6) is 1.63. The molecule has 0 aliphatic rings. The third kappa shape index (κ3) is 2.66. The molecule has 0 saturated carbocycles. The van der Waals surface area contributed by atoms with E-state index < -0.39 is 0 Å². The third-order valence-corrected chi connectivity index (χ3v) is 4.38. The van der Waals surface area contributed by atoms with Crippen molar-refractivity contribution in [2.24, 2.45) is 0 Å². The molecule has 0 radical (unpaired) electrons. The molecule has 3 aromatic rings. The summed E-state index contributed by atoms with van der Waals surface area (Å²) in [5, 5.41) is 10.5. The topological polar surface area (TPSA) is 55.9 Å². The van der Waals surface area contributed by atoms with Crippen molar-refractivity contribution < 1.29 is 4.52 Å². The molecule has 3 rings (SSSR count). The number of aromatic nitrogens is 3. The number of aryl methyl sites for hydroxylation is 2. The van der Waals surface area contributed by atoms with Crippen molar-refractivity contribution in [2.45, 2.75) is 34.1 Å². The molecule has 1 N–H and O–H groups in total. The molecule has 0 atom stereocenters. The number of hydrogen-bond acceptors (Lipinski definition) is 5. The molecule has 0 saturated heterocycles. The van der Waals surface area contributed by atoms with Crippen molar-refractivity contribution in [2.75, 3.05) is 11.9 Å². The Labute approximate surface area is 134 Å². The van der Waals surface area contributed by atoms with Crippen molar-refractivity contribution in [1.29, 1.82) is 0 Å². The van der Waals surface area contributed by atoms with Gasteiger partial charge in [-0.3, -0.25) is 4.57 Å². The highest BCUT2D eigenvalue weighted by Crippen LogP contribution is 2.31. The molecule has 5 nitrogen and oxygen atoms in total. The summed E-state index contributed by atoms with van der Waals surface area (Å²) in [4.78, 5) is 4.68. The first kappa shape index (κ1) is 14.8. The van der Waals surface area contributed by atoms with Gasteiger partial charge in [-0.05, 0) is 33.3 Å². The van der Waals surface area contributed by atoms with E-state index in [0.717, 1.165) is 52.3 Å². The molecule has 0 bridgehead atoms. The number of nitrogens with one attached hydrogen (secondary N) is 1. The van der Waals surface area contributed by atoms with Crippen LogP contribution in [0.2, 0.25) is 0 Å². The van der Waals surface area contributed by atoms with Gasteiger partial charge in [0.25, 0.3) is 0 Å². The maximum Gasteiger partial charge on any atom is 0.183 e. The first-order valence-corrected chi connectivity index (χ1v) is 8.30. The van der Waals surface area contributed by atoms with E-state index in [-0.39, 0.29) is 0 Å². The summed E-state index contributed by atoms with van der Waals surface area (Å²) < 4.78 is 7.30. The van der Waals surface area contributed by atoms with Crippen LogP contribution in [0, 0.1) is 20.8 Å². The molecule has 0 aromatic carbocycles. The van der Waals surface area contributed by atoms with Gasteiger partial charge in [0.1, 0.15) is 5.76 Å². The van der Waals surface area contributed by atoms with E-state index in [4.69, 9.17) is 4.52 Å². The van der Waals surface area contributed by atoms with E-state index in [9.17, 15) is 0 Å². The quantitative estimate of drug-likeness (QED) is 0.761. The van der Waals surface area contributed by atoms with Crippen LogP contribution in [-0.4, -0.2) is 21.3 Å². The molecular weight excluding hydrogens is 296 g/mol. The second kappa shape index (κ2) is 5.96. The zero-order valence-corrected chi connectivity index (χ0v) is 14.1. The SMILES string of the molecule is CCCNc1nc(-c2cc(C)n(-c3cc(C)on3)c2C)cs1. The Morgan fingerprint density at radius 1 is 1.27 bits per heavy atom. The average molecular weight is 316 g/mol. The van der Waals surface area contributed by atoms with E-state index in [1.165, 1.54) is 0 Å². The summed E-state index contributed by atoms with van der Waals surface area (Å²) in [6.07, 6.45) is 1.09. The molecule has 6 heteroatoms. The second-order valence-electron chi connectivity index (χ2n) is 5.38. The van der Waals surface area contributed by atoms with E-state index in [2.05, 4.69) is 52.2 Å². The maximum atomic E-state index is 5.20. The highest BCUT2D eigenvalue weighted by atomic mass is 32.1. The van der Waals surface area contributed by atoms with Gasteiger partial charge in [-0.15, -0.1) is 11.3 Å². The van der Waals surface area contributed by atoms with Crippen LogP contribution >= 0.6 is 11.3 Å². The van der Waals surface area contributed by atoms with Gasteiger partial charge in [-0.1, -0.05) is 12.1 Å². The minimum Gasteiger partial charge on any atom is -0.362 e. The van der Waals surface area contributed by atoms with Crippen molar-refractivity contribution in [3.63, 3.8) is 0 Å². The van der Waals surface area contributed by atoms with Crippen molar-refractivity contribution in [3.05, 3.63) is 34.7 Å². The van der Waals surface area contributed by atoms with Crippen LogP contribution in [0.15, 0.2) is 22.0 Å². The van der Waals surface area contributed by atoms with Gasteiger partial charge in [0.15, 0.2) is 10.9 Å². The third-order valence-electron chi connectivity index (χ3n) is 3.58. The van der Waals surface area contributed by atoms with Gasteiger partial charge in [0, 0.05) is 34.9 Å². The van der Waals surface area contributed by atoms with Crippen LogP contribution < -0.4 is 5.32 Å². The lowest BCUT2D eigenvalue weighted by molar-refractivity contribution is 0.394. The van der Waals surface area contributed by atoms with Gasteiger partial charge in [0.05, 0.1) is 5.69 Å². The molecule has 22 heavy (non-hydrogen) atoms. The lowest BCUT2D eigenvalue weighted by Gasteiger charge is -2.04. The minimum atomic E-state index is 0.809. The lowest BCUT2D eigenvalue weighted by atomic mass is 10.2. The normalized spacial score (nSPS) is 11.1. The Balaban J connectivity index is 1.97. The monoisotopic (exact) mass is 316 g/mol. The molecule has 3 heterocycles. The summed E-state index contributed by atoms with van der Waals surface area (Å²) in [6.45, 7) is 9.16. The number of anilines is 1. The molecule has 3 aromatic heterocycles. The van der Waals surface area contributed by atoms with Gasteiger partial charge < -0.3 is 9.84 Å². The molecule has 0 unspecified atom stereocenters. The Bertz CT molecular complexity index is 784. The average Bonchev–Trinajstić information content (AvgIpc) is 3.17. The van der Waals surface area contributed by atoms with Crippen LogP contribution in [0.3, 0.4) is 0 Å². The van der Waals surface area contributed by atoms with E-state index in [1.54, 1.807) is 11.3 Å². The number of rotatable bonds is 5. The Morgan fingerprint density at radius 3 is 2.77 bits per heavy atom. The summed E-state index contributed by atoms with van der Waals surface area (Å²) in [6, 6.07) is 4.09. The molecule has 0 aliphatic heterocycles. The van der Waals surface area contributed by atoms with E-state index >= 15 is 0 Å². The fourth-order valence-electron chi connectivity index (χ4n) is 2.54. The largest absolute Gasteiger partial charge is 0.362 e. The van der Waals surface area contributed by atoms with Crippen LogP contribution in [-0.2, 0) is 0 Å². The standard InChI is InChI=1S/C16H20N4OS/c1-5-6-17-16-18-14(9-22-16)13-7-10(2)20(12(13)4)15-8-11(3)21-19-15/h7-9H,5-6H2,1-4H3,(H,17,18). The van der Waals surface area contributed by atoms with Crippen molar-refractivity contribution in [1.82, 2.24) is 14.7 Å². The van der Waals surface area contributed by atoms with Crippen molar-refractivity contribution in [3.8, 4) is 17.1 Å². The van der Waals surface area contributed by atoms with Gasteiger partial charge in [-0.25, -0.2) is 4.98 Å². The molecule has 0 amide bonds. The highest BCUT2D eigenvalue weighted by Gasteiger charge is 2.16. The van der Waals surface area contributed by atoms with Crippen LogP contribution in [0.25, 0.3) is 17.1 Å². The Kier molecular flexibility index (Phi) is 4.02. The van der Waals surface area contributed by atoms with E-state index in [0.29, 0.717) is 0 Å². The highest BCUT2D eigenvalue weighted by molar-refractivity contribution is 7.14. The van der Waals surface area contributed by atoms with Crippen LogP contribution in [0.1, 0.15) is 30.5 Å². The number of thiazole rings is 1. The first-order valence-electron chi connectivity index (χ1n) is 7.42. The number of nitrogens with zero attached hydrogens (tertiary/aromatic N) is 3. The summed E-state index contributed by atoms with van der Waals surface area (Å²) >= 11 is 1.64. The Hall–Kier alpha value is -2.08. The summed E-state index contributed by atoms with van der Waals surface area (Å²) in [7, 11) is 0. The smallest absolute Gasteiger partial charge is 0.183 e. The lowest BCUT2D eigenvalue weighted by Crippen LogP contribution is -1.99. The number of hydrogen-bond donors (Lipinski definition) is 1. The zero-order chi connectivity index (χ0) is 15.7. The Morgan fingerprint density at radius 2 is 2.09 bits per heavy atom. The molecular formula is C16H20N4OS. The van der Waals surface area contributed by atoms with Crippen LogP contribution in [0.5, 0.6) is 0 Å².